The van der Waals surface area contributed by atoms with Crippen LogP contribution in [0.2, 0.25) is 0 Å². The summed E-state index contributed by atoms with van der Waals surface area (Å²) in [5.41, 5.74) is 3.14. The van der Waals surface area contributed by atoms with Gasteiger partial charge in [-0.05, 0) is 39.7 Å². The molecule has 2 aromatic heterocycles. The van der Waals surface area contributed by atoms with Gasteiger partial charge in [-0.3, -0.25) is 9.69 Å². The van der Waals surface area contributed by atoms with Gasteiger partial charge in [-0.1, -0.05) is 48.9 Å². The van der Waals surface area contributed by atoms with E-state index in [4.69, 9.17) is 10.1 Å². The number of aryl methyl sites for hydroxylation is 1. The van der Waals surface area contributed by atoms with Crippen LogP contribution in [0.4, 0.5) is 10.9 Å². The van der Waals surface area contributed by atoms with E-state index in [2.05, 4.69) is 79.3 Å². The van der Waals surface area contributed by atoms with E-state index in [1.165, 1.54) is 5.56 Å². The zero-order chi connectivity index (χ0) is 24.3. The molecule has 3 aromatic rings. The molecule has 8 nitrogen and oxygen atoms in total. The quantitative estimate of drug-likeness (QED) is 0.472. The summed E-state index contributed by atoms with van der Waals surface area (Å²) in [6, 6.07) is 8.35. The third-order valence-electron chi connectivity index (χ3n) is 5.95. The number of piperazine rings is 1. The maximum atomic E-state index is 12.1. The minimum Gasteiger partial charge on any atom is -0.364 e. The highest BCUT2D eigenvalue weighted by atomic mass is 32.1. The molecule has 0 atom stereocenters. The molecule has 1 aromatic carbocycles. The van der Waals surface area contributed by atoms with Gasteiger partial charge in [0.1, 0.15) is 5.69 Å². The molecule has 1 aliphatic heterocycles. The Labute approximate surface area is 206 Å². The van der Waals surface area contributed by atoms with Gasteiger partial charge in [-0.25, -0.2) is 4.98 Å². The summed E-state index contributed by atoms with van der Waals surface area (Å²) in [5, 5.41) is 12.6. The normalized spacial score (nSPS) is 15.1. The van der Waals surface area contributed by atoms with Crippen molar-refractivity contribution >= 4 is 33.2 Å². The molecule has 1 amide bonds. The summed E-state index contributed by atoms with van der Waals surface area (Å²) in [7, 11) is 0. The molecule has 0 radical (unpaired) electrons. The summed E-state index contributed by atoms with van der Waals surface area (Å²) in [6.45, 7) is 15.4. The van der Waals surface area contributed by atoms with E-state index in [1.54, 1.807) is 11.3 Å². The zero-order valence-electron chi connectivity index (χ0n) is 21.0. The fraction of sp³-hybridized carbons (Fsp3) is 0.560. The second-order valence-electron chi connectivity index (χ2n) is 10.0. The van der Waals surface area contributed by atoms with Crippen LogP contribution in [-0.4, -0.2) is 70.2 Å². The summed E-state index contributed by atoms with van der Waals surface area (Å²) in [4.78, 5) is 22.6. The van der Waals surface area contributed by atoms with Crippen molar-refractivity contribution in [3.05, 3.63) is 29.8 Å². The Kier molecular flexibility index (Phi) is 7.42. The Balaban J connectivity index is 1.50. The molecule has 0 aliphatic carbocycles. The summed E-state index contributed by atoms with van der Waals surface area (Å²) >= 11 is 1.62. The van der Waals surface area contributed by atoms with Crippen molar-refractivity contribution in [2.75, 3.05) is 49.5 Å². The van der Waals surface area contributed by atoms with Crippen molar-refractivity contribution in [1.82, 2.24) is 24.8 Å². The lowest BCUT2D eigenvalue weighted by Crippen LogP contribution is -2.49. The van der Waals surface area contributed by atoms with E-state index in [9.17, 15) is 4.79 Å². The molecule has 0 bridgehead atoms. The first-order valence-electron chi connectivity index (χ1n) is 12.2. The first-order valence-corrected chi connectivity index (χ1v) is 13.0. The zero-order valence-corrected chi connectivity index (χ0v) is 21.8. The Morgan fingerprint density at radius 1 is 1.15 bits per heavy atom. The maximum absolute atomic E-state index is 12.1. The van der Waals surface area contributed by atoms with Crippen molar-refractivity contribution in [3.8, 4) is 11.3 Å². The number of nitrogens with one attached hydrogen (secondary N) is 2. The number of amides is 1. The van der Waals surface area contributed by atoms with Gasteiger partial charge in [-0.15, -0.1) is 5.10 Å². The van der Waals surface area contributed by atoms with Crippen LogP contribution in [0.25, 0.3) is 16.2 Å². The Morgan fingerprint density at radius 3 is 2.56 bits per heavy atom. The molecule has 9 heteroatoms. The average Bonchev–Trinajstić information content (AvgIpc) is 3.33. The minimum absolute atomic E-state index is 0.122. The third-order valence-corrected chi connectivity index (χ3v) is 6.92. The molecular formula is C25H37N7OS. The number of hydrogen-bond acceptors (Lipinski definition) is 7. The predicted octanol–water partition coefficient (Wildman–Crippen LogP) is 4.01. The van der Waals surface area contributed by atoms with E-state index < -0.39 is 0 Å². The number of fused-ring (bicyclic) bond motifs is 1. The summed E-state index contributed by atoms with van der Waals surface area (Å²) < 4.78 is 1.96. The number of unbranched alkanes of at least 4 members (excludes halogenated alkanes) is 1. The van der Waals surface area contributed by atoms with E-state index in [0.717, 1.165) is 72.7 Å². The number of benzene rings is 1. The average molecular weight is 484 g/mol. The minimum atomic E-state index is -0.124. The number of aromatic nitrogens is 3. The highest BCUT2D eigenvalue weighted by molar-refractivity contribution is 7.20. The lowest BCUT2D eigenvalue weighted by atomic mass is 10.0. The molecule has 0 spiro atoms. The Morgan fingerprint density at radius 2 is 1.88 bits per heavy atom. The van der Waals surface area contributed by atoms with Crippen LogP contribution >= 0.6 is 11.3 Å². The van der Waals surface area contributed by atoms with Gasteiger partial charge in [0.15, 0.2) is 5.82 Å². The topological polar surface area (TPSA) is 77.8 Å². The van der Waals surface area contributed by atoms with Gasteiger partial charge in [0, 0.05) is 43.8 Å². The monoisotopic (exact) mass is 483 g/mol. The van der Waals surface area contributed by atoms with Crippen molar-refractivity contribution in [2.24, 2.45) is 0 Å². The largest absolute Gasteiger partial charge is 0.364 e. The fourth-order valence-corrected chi connectivity index (χ4v) is 5.07. The van der Waals surface area contributed by atoms with Crippen LogP contribution in [0.3, 0.4) is 0 Å². The van der Waals surface area contributed by atoms with E-state index >= 15 is 0 Å². The fourth-order valence-electron chi connectivity index (χ4n) is 4.12. The van der Waals surface area contributed by atoms with Crippen LogP contribution in [0.15, 0.2) is 24.3 Å². The lowest BCUT2D eigenvalue weighted by Gasteiger charge is -2.33. The van der Waals surface area contributed by atoms with Gasteiger partial charge < -0.3 is 15.5 Å². The van der Waals surface area contributed by atoms with Crippen LogP contribution in [0.5, 0.6) is 0 Å². The molecule has 1 saturated heterocycles. The first-order chi connectivity index (χ1) is 16.2. The molecule has 3 heterocycles. The van der Waals surface area contributed by atoms with Crippen LogP contribution in [0.1, 0.15) is 46.1 Å². The second kappa shape index (κ2) is 10.3. The second-order valence-corrected chi connectivity index (χ2v) is 11.0. The Hall–Kier alpha value is -2.65. The SMILES string of the molecule is CCCCNC(=O)CN1CCN(c2nn3c(NC(C)(C)C)c(-c4ccccc4C)nc3s2)CC1. The number of rotatable bonds is 8. The van der Waals surface area contributed by atoms with Gasteiger partial charge in [0.25, 0.3) is 0 Å². The van der Waals surface area contributed by atoms with Crippen molar-refractivity contribution < 1.29 is 4.79 Å². The summed E-state index contributed by atoms with van der Waals surface area (Å²) in [5.74, 6) is 1.05. The number of hydrogen-bond donors (Lipinski definition) is 2. The number of carbonyl (C=O) groups is 1. The number of anilines is 2. The van der Waals surface area contributed by atoms with Crippen molar-refractivity contribution in [3.63, 3.8) is 0 Å². The van der Waals surface area contributed by atoms with Crippen LogP contribution < -0.4 is 15.5 Å². The van der Waals surface area contributed by atoms with Gasteiger partial charge in [0.05, 0.1) is 6.54 Å². The molecule has 4 rings (SSSR count). The molecular weight excluding hydrogens is 446 g/mol. The standard InChI is InChI=1S/C25H37N7OS/c1-6-7-12-26-20(33)17-30-13-15-31(16-14-30)24-29-32-22(28-25(3,4)5)21(27-23(32)34-24)19-11-9-8-10-18(19)2/h8-11,28H,6-7,12-17H2,1-5H3,(H,26,33). The van der Waals surface area contributed by atoms with Gasteiger partial charge >= 0.3 is 0 Å². The molecule has 0 saturated carbocycles. The predicted molar refractivity (Wildman–Crippen MR) is 141 cm³/mol. The van der Waals surface area contributed by atoms with E-state index in [0.29, 0.717) is 6.54 Å². The van der Waals surface area contributed by atoms with Crippen molar-refractivity contribution in [2.45, 2.75) is 53.0 Å². The summed E-state index contributed by atoms with van der Waals surface area (Å²) in [6.07, 6.45) is 2.12. The number of carbonyl (C=O) groups excluding carboxylic acids is 1. The van der Waals surface area contributed by atoms with Gasteiger partial charge in [0.2, 0.25) is 16.0 Å². The number of imidazole rings is 1. The van der Waals surface area contributed by atoms with E-state index in [1.807, 2.05) is 4.52 Å². The Bertz CT molecular complexity index is 1120. The lowest BCUT2D eigenvalue weighted by molar-refractivity contribution is -0.122. The molecule has 2 N–H and O–H groups in total. The number of nitrogens with zero attached hydrogens (tertiary/aromatic N) is 5. The van der Waals surface area contributed by atoms with E-state index in [-0.39, 0.29) is 11.4 Å². The molecule has 0 unspecified atom stereocenters. The molecule has 1 aliphatic rings. The third kappa shape index (κ3) is 5.70. The maximum Gasteiger partial charge on any atom is 0.234 e. The molecule has 184 valence electrons. The highest BCUT2D eigenvalue weighted by Crippen LogP contribution is 2.36. The van der Waals surface area contributed by atoms with Crippen LogP contribution in [-0.2, 0) is 4.79 Å². The molecule has 1 fully saturated rings. The molecule has 34 heavy (non-hydrogen) atoms. The smallest absolute Gasteiger partial charge is 0.234 e. The highest BCUT2D eigenvalue weighted by Gasteiger charge is 2.26. The van der Waals surface area contributed by atoms with Crippen LogP contribution in [0, 0.1) is 6.92 Å². The van der Waals surface area contributed by atoms with Gasteiger partial charge in [-0.2, -0.15) is 4.52 Å². The van der Waals surface area contributed by atoms with Crippen molar-refractivity contribution in [1.29, 1.82) is 0 Å². The first kappa shape index (κ1) is 24.5.